The molecule has 0 spiro atoms. The molecule has 0 saturated heterocycles. The van der Waals surface area contributed by atoms with Gasteiger partial charge in [0.15, 0.2) is 0 Å². The summed E-state index contributed by atoms with van der Waals surface area (Å²) in [6, 6.07) is 0. The zero-order valence-electron chi connectivity index (χ0n) is 4.41. The molecule has 1 aliphatic carbocycles. The van der Waals surface area contributed by atoms with E-state index in [0.29, 0.717) is 0 Å². The Hall–Kier alpha value is 0.543. The van der Waals surface area contributed by atoms with Gasteiger partial charge < -0.3 is 0 Å². The van der Waals surface area contributed by atoms with E-state index in [0.717, 1.165) is 16.5 Å². The summed E-state index contributed by atoms with van der Waals surface area (Å²) in [5.41, 5.74) is 0. The Kier molecular flexibility index (Phi) is 1.57. The molecule has 1 rings (SSSR count). The van der Waals surface area contributed by atoms with E-state index in [1.165, 1.54) is 17.6 Å². The molecule has 1 heteroatoms. The summed E-state index contributed by atoms with van der Waals surface area (Å²) in [7, 11) is 0. The van der Waals surface area contributed by atoms with E-state index >= 15 is 0 Å². The van der Waals surface area contributed by atoms with Gasteiger partial charge in [-0.2, -0.15) is 0 Å². The standard InChI is InChI=1S/C5H12Ge/c6-5-3-1-2-4-5/h5H,1-4H2,6H3. The summed E-state index contributed by atoms with van der Waals surface area (Å²) < 4.78 is 1.23. The van der Waals surface area contributed by atoms with E-state index in [1.54, 1.807) is 12.8 Å². The van der Waals surface area contributed by atoms with Crippen LogP contribution >= 0.6 is 0 Å². The van der Waals surface area contributed by atoms with Crippen LogP contribution < -0.4 is 0 Å². The minimum atomic E-state index is 1.14. The van der Waals surface area contributed by atoms with E-state index < -0.39 is 0 Å². The van der Waals surface area contributed by atoms with E-state index in [-0.39, 0.29) is 0 Å². The van der Waals surface area contributed by atoms with E-state index in [9.17, 15) is 0 Å². The van der Waals surface area contributed by atoms with E-state index in [1.807, 2.05) is 0 Å². The van der Waals surface area contributed by atoms with Crippen molar-refractivity contribution in [3.05, 3.63) is 0 Å². The van der Waals surface area contributed by atoms with Gasteiger partial charge in [-0.1, -0.05) is 0 Å². The van der Waals surface area contributed by atoms with Crippen molar-refractivity contribution in [2.75, 3.05) is 0 Å². The van der Waals surface area contributed by atoms with Crippen LogP contribution in [0.4, 0.5) is 0 Å². The Morgan fingerprint density at radius 1 is 1.17 bits per heavy atom. The predicted octanol–water partition coefficient (Wildman–Crippen LogP) is 0.714. The van der Waals surface area contributed by atoms with Gasteiger partial charge in [-0.05, 0) is 0 Å². The molecule has 0 amide bonds. The third-order valence-corrected chi connectivity index (χ3v) is 4.07. The zero-order chi connectivity index (χ0) is 4.41. The Morgan fingerprint density at radius 3 is 1.83 bits per heavy atom. The van der Waals surface area contributed by atoms with Gasteiger partial charge in [0.05, 0.1) is 0 Å². The molecular weight excluding hydrogens is 133 g/mol. The van der Waals surface area contributed by atoms with Gasteiger partial charge in [-0.25, -0.2) is 0 Å². The normalized spacial score (nSPS) is 26.0. The Bertz CT molecular complexity index is 37.2. The average molecular weight is 145 g/mol. The molecule has 1 aliphatic rings. The van der Waals surface area contributed by atoms with Crippen LogP contribution in [0.2, 0.25) is 4.75 Å². The molecule has 0 aromatic carbocycles. The van der Waals surface area contributed by atoms with Crippen molar-refractivity contribution < 1.29 is 0 Å². The van der Waals surface area contributed by atoms with Gasteiger partial charge >= 0.3 is 46.9 Å². The van der Waals surface area contributed by atoms with Crippen LogP contribution in [0.1, 0.15) is 25.7 Å². The molecule has 0 bridgehead atoms. The van der Waals surface area contributed by atoms with Gasteiger partial charge in [0.25, 0.3) is 0 Å². The second-order valence-electron chi connectivity index (χ2n) is 2.39. The molecule has 1 fully saturated rings. The van der Waals surface area contributed by atoms with Crippen LogP contribution in [0.5, 0.6) is 0 Å². The topological polar surface area (TPSA) is 0 Å². The van der Waals surface area contributed by atoms with Crippen molar-refractivity contribution in [2.45, 2.75) is 30.4 Å². The second kappa shape index (κ2) is 2.01. The maximum atomic E-state index is 1.57. The average Bonchev–Trinajstić information content (AvgIpc) is 1.86. The molecule has 0 aromatic heterocycles. The first-order valence-electron chi connectivity index (χ1n) is 2.89. The Labute approximate surface area is 47.5 Å². The Morgan fingerprint density at radius 2 is 1.67 bits per heavy atom. The molecule has 0 N–H and O–H groups in total. The SMILES string of the molecule is [GeH3][CH]1CCCC1. The molecule has 1 saturated carbocycles. The predicted molar refractivity (Wildman–Crippen MR) is 32.2 cm³/mol. The third-order valence-electron chi connectivity index (χ3n) is 1.64. The molecule has 0 aromatic rings. The van der Waals surface area contributed by atoms with Crippen molar-refractivity contribution in [3.8, 4) is 0 Å². The molecule has 0 unspecified atom stereocenters. The van der Waals surface area contributed by atoms with Crippen LogP contribution in [-0.4, -0.2) is 16.5 Å². The van der Waals surface area contributed by atoms with Crippen molar-refractivity contribution in [1.29, 1.82) is 0 Å². The van der Waals surface area contributed by atoms with Crippen LogP contribution in [0, 0.1) is 0 Å². The summed E-state index contributed by atoms with van der Waals surface area (Å²) in [5, 5.41) is 0. The zero-order valence-corrected chi connectivity index (χ0v) is 8.60. The molecular formula is C5H12Ge. The first kappa shape index (κ1) is 4.70. The molecule has 36 valence electrons. The number of rotatable bonds is 0. The van der Waals surface area contributed by atoms with Crippen molar-refractivity contribution in [3.63, 3.8) is 0 Å². The van der Waals surface area contributed by atoms with Gasteiger partial charge in [0.2, 0.25) is 0 Å². The number of hydrogen-bond acceptors (Lipinski definition) is 0. The van der Waals surface area contributed by atoms with Crippen molar-refractivity contribution in [1.82, 2.24) is 0 Å². The van der Waals surface area contributed by atoms with Crippen LogP contribution in [0.15, 0.2) is 0 Å². The summed E-state index contributed by atoms with van der Waals surface area (Å²) >= 11 is 1.14. The minimum absolute atomic E-state index is 1.14. The van der Waals surface area contributed by atoms with Crippen LogP contribution in [0.3, 0.4) is 0 Å². The molecule has 0 atom stereocenters. The fraction of sp³-hybridized carbons (Fsp3) is 1.00. The van der Waals surface area contributed by atoms with Gasteiger partial charge in [0, 0.05) is 0 Å². The van der Waals surface area contributed by atoms with Crippen molar-refractivity contribution in [2.24, 2.45) is 0 Å². The summed E-state index contributed by atoms with van der Waals surface area (Å²) in [5.74, 6) is 0. The van der Waals surface area contributed by atoms with Gasteiger partial charge in [-0.3, -0.25) is 0 Å². The van der Waals surface area contributed by atoms with Crippen LogP contribution in [-0.2, 0) is 0 Å². The summed E-state index contributed by atoms with van der Waals surface area (Å²) in [4.78, 5) is 0. The molecule has 0 nitrogen and oxygen atoms in total. The molecule has 0 aliphatic heterocycles. The fourth-order valence-electron chi connectivity index (χ4n) is 1.13. The third kappa shape index (κ3) is 1.00. The second-order valence-corrected chi connectivity index (χ2v) is 5.82. The van der Waals surface area contributed by atoms with Crippen LogP contribution in [0.25, 0.3) is 0 Å². The number of hydrogen-bond donors (Lipinski definition) is 0. The Balaban J connectivity index is 2.18. The summed E-state index contributed by atoms with van der Waals surface area (Å²) in [6.07, 6.45) is 6.21. The maximum absolute atomic E-state index is 1.57. The first-order chi connectivity index (χ1) is 2.89. The van der Waals surface area contributed by atoms with Gasteiger partial charge in [-0.15, -0.1) is 0 Å². The molecule has 6 heavy (non-hydrogen) atoms. The van der Waals surface area contributed by atoms with Crippen molar-refractivity contribution >= 4 is 16.5 Å². The quantitative estimate of drug-likeness (QED) is 0.440. The molecule has 0 heterocycles. The monoisotopic (exact) mass is 146 g/mol. The molecule has 0 radical (unpaired) electrons. The van der Waals surface area contributed by atoms with Gasteiger partial charge in [0.1, 0.15) is 0 Å². The van der Waals surface area contributed by atoms with E-state index in [4.69, 9.17) is 0 Å². The summed E-state index contributed by atoms with van der Waals surface area (Å²) in [6.45, 7) is 0. The fourth-order valence-corrected chi connectivity index (χ4v) is 2.84. The first-order valence-corrected chi connectivity index (χ1v) is 5.32. The van der Waals surface area contributed by atoms with E-state index in [2.05, 4.69) is 0 Å².